The van der Waals surface area contributed by atoms with Crippen molar-refractivity contribution in [2.45, 2.75) is 19.1 Å². The fourth-order valence-corrected chi connectivity index (χ4v) is 0.653. The molecule has 1 N–H and O–H groups in total. The quantitative estimate of drug-likeness (QED) is 0.479. The minimum Gasteiger partial charge on any atom is -0.296 e. The van der Waals surface area contributed by atoms with Crippen LogP contribution in [0.2, 0.25) is 0 Å². The van der Waals surface area contributed by atoms with Crippen molar-refractivity contribution >= 4 is 17.9 Å². The molecular weight excluding hydrogens is 134 g/mol. The highest BCUT2D eigenvalue weighted by molar-refractivity contribution is 7.98. The molecule has 0 atom stereocenters. The Labute approximate surface area is 59.8 Å². The average molecular weight is 145 g/mol. The van der Waals surface area contributed by atoms with Crippen molar-refractivity contribution < 1.29 is 4.79 Å². The lowest BCUT2D eigenvalue weighted by atomic mass is 10.6. The minimum atomic E-state index is -0.131. The van der Waals surface area contributed by atoms with Crippen molar-refractivity contribution in [2.75, 3.05) is 0 Å². The van der Waals surface area contributed by atoms with E-state index in [-0.39, 0.29) is 5.91 Å². The van der Waals surface area contributed by atoms with Gasteiger partial charge in [-0.25, -0.2) is 0 Å². The predicted molar refractivity (Wildman–Crippen MR) is 41.1 cm³/mol. The van der Waals surface area contributed by atoms with Crippen LogP contribution in [0.5, 0.6) is 0 Å². The molecule has 3 heteroatoms. The van der Waals surface area contributed by atoms with Crippen LogP contribution in [0.15, 0.2) is 12.7 Å². The van der Waals surface area contributed by atoms with Crippen molar-refractivity contribution in [3.05, 3.63) is 12.7 Å². The molecule has 0 rings (SSSR count). The Hall–Kier alpha value is -0.440. The van der Waals surface area contributed by atoms with Gasteiger partial charge in [-0.15, -0.1) is 0 Å². The van der Waals surface area contributed by atoms with E-state index in [1.54, 1.807) is 0 Å². The third kappa shape index (κ3) is 5.43. The molecular formula is C6H11NOS. The normalized spacial score (nSPS) is 9.22. The zero-order valence-electron chi connectivity index (χ0n) is 5.68. The van der Waals surface area contributed by atoms with Gasteiger partial charge in [0.15, 0.2) is 0 Å². The van der Waals surface area contributed by atoms with E-state index in [0.29, 0.717) is 5.25 Å². The zero-order chi connectivity index (χ0) is 7.28. The van der Waals surface area contributed by atoms with Gasteiger partial charge in [0.05, 0.1) is 0 Å². The molecule has 0 unspecified atom stereocenters. The number of hydrogen-bond acceptors (Lipinski definition) is 2. The summed E-state index contributed by atoms with van der Waals surface area (Å²) in [5.41, 5.74) is 0. The standard InChI is InChI=1S/C6H11NOS/c1-4-6(8)7-9-5(2)3/h4-5H,1H2,2-3H3,(H,7,8). The molecule has 0 fully saturated rings. The largest absolute Gasteiger partial charge is 0.296 e. The van der Waals surface area contributed by atoms with E-state index >= 15 is 0 Å². The smallest absolute Gasteiger partial charge is 0.253 e. The Morgan fingerprint density at radius 2 is 2.33 bits per heavy atom. The number of carbonyl (C=O) groups is 1. The maximum atomic E-state index is 10.5. The molecule has 2 nitrogen and oxygen atoms in total. The lowest BCUT2D eigenvalue weighted by molar-refractivity contribution is -0.114. The number of hydrogen-bond donors (Lipinski definition) is 1. The molecule has 0 heterocycles. The van der Waals surface area contributed by atoms with Gasteiger partial charge >= 0.3 is 0 Å². The highest BCUT2D eigenvalue weighted by Gasteiger charge is 1.95. The van der Waals surface area contributed by atoms with Gasteiger partial charge in [-0.3, -0.25) is 9.52 Å². The van der Waals surface area contributed by atoms with E-state index in [2.05, 4.69) is 11.3 Å². The van der Waals surface area contributed by atoms with Crippen LogP contribution in [0.1, 0.15) is 13.8 Å². The fraction of sp³-hybridized carbons (Fsp3) is 0.500. The van der Waals surface area contributed by atoms with Gasteiger partial charge in [-0.1, -0.05) is 20.4 Å². The first-order chi connectivity index (χ1) is 4.16. The molecule has 0 radical (unpaired) electrons. The first-order valence-corrected chi connectivity index (χ1v) is 3.63. The Balaban J connectivity index is 3.27. The predicted octanol–water partition coefficient (Wildman–Crippen LogP) is 1.35. The van der Waals surface area contributed by atoms with Crippen LogP contribution in [0, 0.1) is 0 Å². The van der Waals surface area contributed by atoms with Crippen LogP contribution >= 0.6 is 11.9 Å². The first kappa shape index (κ1) is 8.56. The van der Waals surface area contributed by atoms with Crippen molar-refractivity contribution in [1.29, 1.82) is 0 Å². The van der Waals surface area contributed by atoms with Crippen LogP contribution < -0.4 is 4.72 Å². The molecule has 0 aromatic rings. The molecule has 0 aliphatic carbocycles. The van der Waals surface area contributed by atoms with Crippen LogP contribution in [-0.4, -0.2) is 11.2 Å². The van der Waals surface area contributed by atoms with Gasteiger partial charge in [0, 0.05) is 5.25 Å². The number of rotatable bonds is 3. The summed E-state index contributed by atoms with van der Waals surface area (Å²) in [5.74, 6) is -0.131. The second kappa shape index (κ2) is 4.44. The third-order valence-corrected chi connectivity index (χ3v) is 1.37. The van der Waals surface area contributed by atoms with E-state index in [9.17, 15) is 4.79 Å². The summed E-state index contributed by atoms with van der Waals surface area (Å²) >= 11 is 1.39. The topological polar surface area (TPSA) is 29.1 Å². The summed E-state index contributed by atoms with van der Waals surface area (Å²) < 4.78 is 2.59. The summed E-state index contributed by atoms with van der Waals surface area (Å²) in [5, 5.41) is 0.425. The SMILES string of the molecule is C=CC(=O)NSC(C)C. The summed E-state index contributed by atoms with van der Waals surface area (Å²) in [6.45, 7) is 7.33. The van der Waals surface area contributed by atoms with E-state index in [1.165, 1.54) is 18.0 Å². The molecule has 52 valence electrons. The van der Waals surface area contributed by atoms with E-state index < -0.39 is 0 Å². The van der Waals surface area contributed by atoms with Gasteiger partial charge in [0.25, 0.3) is 5.91 Å². The van der Waals surface area contributed by atoms with Gasteiger partial charge in [0.1, 0.15) is 0 Å². The zero-order valence-corrected chi connectivity index (χ0v) is 6.49. The van der Waals surface area contributed by atoms with Crippen LogP contribution in [-0.2, 0) is 4.79 Å². The van der Waals surface area contributed by atoms with Crippen molar-refractivity contribution in [1.82, 2.24) is 4.72 Å². The van der Waals surface area contributed by atoms with Gasteiger partial charge in [0.2, 0.25) is 0 Å². The van der Waals surface area contributed by atoms with Crippen molar-refractivity contribution in [3.8, 4) is 0 Å². The second-order valence-electron chi connectivity index (χ2n) is 1.84. The maximum absolute atomic E-state index is 10.5. The molecule has 0 saturated heterocycles. The lowest BCUT2D eigenvalue weighted by Gasteiger charge is -2.02. The number of carbonyl (C=O) groups excluding carboxylic acids is 1. The Bertz CT molecular complexity index is 112. The number of amides is 1. The highest BCUT2D eigenvalue weighted by Crippen LogP contribution is 2.02. The molecule has 0 bridgehead atoms. The number of nitrogens with one attached hydrogen (secondary N) is 1. The molecule has 9 heavy (non-hydrogen) atoms. The van der Waals surface area contributed by atoms with E-state index in [4.69, 9.17) is 0 Å². The summed E-state index contributed by atoms with van der Waals surface area (Å²) in [7, 11) is 0. The summed E-state index contributed by atoms with van der Waals surface area (Å²) in [4.78, 5) is 10.5. The molecule has 1 amide bonds. The van der Waals surface area contributed by atoms with E-state index in [1.807, 2.05) is 13.8 Å². The van der Waals surface area contributed by atoms with Gasteiger partial charge in [-0.05, 0) is 18.0 Å². The Morgan fingerprint density at radius 3 is 2.67 bits per heavy atom. The van der Waals surface area contributed by atoms with E-state index in [0.717, 1.165) is 0 Å². The summed E-state index contributed by atoms with van der Waals surface area (Å²) in [6.07, 6.45) is 1.26. The maximum Gasteiger partial charge on any atom is 0.253 e. The van der Waals surface area contributed by atoms with Crippen molar-refractivity contribution in [3.63, 3.8) is 0 Å². The Kier molecular flexibility index (Phi) is 4.22. The first-order valence-electron chi connectivity index (χ1n) is 2.75. The molecule has 0 spiro atoms. The van der Waals surface area contributed by atoms with Gasteiger partial charge in [-0.2, -0.15) is 0 Å². The van der Waals surface area contributed by atoms with Gasteiger partial charge < -0.3 is 0 Å². The second-order valence-corrected chi connectivity index (χ2v) is 3.22. The fourth-order valence-electron chi connectivity index (χ4n) is 0.218. The molecule has 0 aromatic carbocycles. The molecule has 0 aliphatic rings. The van der Waals surface area contributed by atoms with Crippen LogP contribution in [0.4, 0.5) is 0 Å². The average Bonchev–Trinajstić information content (AvgIpc) is 1.83. The summed E-state index contributed by atoms with van der Waals surface area (Å²) in [6, 6.07) is 0. The molecule has 0 aliphatic heterocycles. The molecule has 0 aromatic heterocycles. The highest BCUT2D eigenvalue weighted by atomic mass is 32.2. The minimum absolute atomic E-state index is 0.131. The van der Waals surface area contributed by atoms with Crippen LogP contribution in [0.3, 0.4) is 0 Å². The van der Waals surface area contributed by atoms with Crippen LogP contribution in [0.25, 0.3) is 0 Å². The third-order valence-electron chi connectivity index (χ3n) is 0.581. The van der Waals surface area contributed by atoms with Crippen molar-refractivity contribution in [2.24, 2.45) is 0 Å². The monoisotopic (exact) mass is 145 g/mol. The Morgan fingerprint density at radius 1 is 1.78 bits per heavy atom. The lowest BCUT2D eigenvalue weighted by Crippen LogP contribution is -2.14. The molecule has 0 saturated carbocycles.